The molecule has 1 spiro atoms. The molecule has 1 aromatic carbocycles. The molecule has 4 rings (SSSR count). The number of carbonyl (C=O) groups excluding carboxylic acids is 2. The third-order valence-corrected chi connectivity index (χ3v) is 4.97. The van der Waals surface area contributed by atoms with Crippen molar-refractivity contribution >= 4 is 11.8 Å². The highest BCUT2D eigenvalue weighted by Gasteiger charge is 2.46. The summed E-state index contributed by atoms with van der Waals surface area (Å²) in [5.74, 6) is -0.0168. The first kappa shape index (κ1) is 15.9. The minimum absolute atomic E-state index is 0.0320. The SMILES string of the molecule is O=C(NCCC(=O)N1CCC2(C1)OCc1ccccc12)c1ccco1. The maximum absolute atomic E-state index is 12.5. The number of benzene rings is 1. The lowest BCUT2D eigenvalue weighted by Gasteiger charge is -2.24. The second-order valence-electron chi connectivity index (χ2n) is 6.49. The van der Waals surface area contributed by atoms with Crippen molar-refractivity contribution in [2.45, 2.75) is 25.0 Å². The molecule has 2 amide bonds. The first-order valence-electron chi connectivity index (χ1n) is 8.50. The van der Waals surface area contributed by atoms with E-state index in [-0.39, 0.29) is 29.6 Å². The second-order valence-corrected chi connectivity index (χ2v) is 6.49. The molecule has 0 saturated carbocycles. The van der Waals surface area contributed by atoms with E-state index in [2.05, 4.69) is 17.4 Å². The number of hydrogen-bond acceptors (Lipinski definition) is 4. The average molecular weight is 340 g/mol. The van der Waals surface area contributed by atoms with Gasteiger partial charge in [-0.1, -0.05) is 24.3 Å². The minimum atomic E-state index is -0.357. The van der Waals surface area contributed by atoms with Gasteiger partial charge < -0.3 is 19.4 Å². The molecule has 0 bridgehead atoms. The zero-order valence-electron chi connectivity index (χ0n) is 13.9. The number of nitrogens with one attached hydrogen (secondary N) is 1. The van der Waals surface area contributed by atoms with Gasteiger partial charge in [-0.25, -0.2) is 0 Å². The van der Waals surface area contributed by atoms with Gasteiger partial charge in [0.05, 0.1) is 19.4 Å². The average Bonchev–Trinajstić information content (AvgIpc) is 3.37. The van der Waals surface area contributed by atoms with Gasteiger partial charge in [0.15, 0.2) is 5.76 Å². The van der Waals surface area contributed by atoms with Crippen LogP contribution in [0.5, 0.6) is 0 Å². The Balaban J connectivity index is 1.32. The number of carbonyl (C=O) groups is 2. The fourth-order valence-electron chi connectivity index (χ4n) is 3.65. The highest BCUT2D eigenvalue weighted by molar-refractivity contribution is 5.91. The molecule has 0 aliphatic carbocycles. The first-order valence-corrected chi connectivity index (χ1v) is 8.50. The number of hydrogen-bond donors (Lipinski definition) is 1. The summed E-state index contributed by atoms with van der Waals surface area (Å²) in [5, 5.41) is 2.70. The van der Waals surface area contributed by atoms with Crippen LogP contribution in [-0.4, -0.2) is 36.3 Å². The van der Waals surface area contributed by atoms with Gasteiger partial charge in [0.2, 0.25) is 5.91 Å². The summed E-state index contributed by atoms with van der Waals surface area (Å²) in [6.07, 6.45) is 2.53. The minimum Gasteiger partial charge on any atom is -0.459 e. The summed E-state index contributed by atoms with van der Waals surface area (Å²) in [5.41, 5.74) is 2.06. The van der Waals surface area contributed by atoms with Crippen LogP contribution in [-0.2, 0) is 21.7 Å². The molecule has 2 aliphatic rings. The summed E-state index contributed by atoms with van der Waals surface area (Å²) >= 11 is 0. The van der Waals surface area contributed by atoms with Crippen LogP contribution in [0.3, 0.4) is 0 Å². The van der Waals surface area contributed by atoms with Crippen molar-refractivity contribution in [3.63, 3.8) is 0 Å². The molecule has 2 aromatic rings. The number of fused-ring (bicyclic) bond motifs is 2. The Bertz CT molecular complexity index is 786. The predicted molar refractivity (Wildman–Crippen MR) is 89.8 cm³/mol. The van der Waals surface area contributed by atoms with E-state index in [1.54, 1.807) is 12.1 Å². The quantitative estimate of drug-likeness (QED) is 0.925. The maximum atomic E-state index is 12.5. The fourth-order valence-corrected chi connectivity index (χ4v) is 3.65. The van der Waals surface area contributed by atoms with Crippen molar-refractivity contribution in [3.05, 3.63) is 59.5 Å². The van der Waals surface area contributed by atoms with Gasteiger partial charge in [-0.05, 0) is 29.7 Å². The van der Waals surface area contributed by atoms with Gasteiger partial charge in [0, 0.05) is 19.5 Å². The largest absolute Gasteiger partial charge is 0.459 e. The van der Waals surface area contributed by atoms with Gasteiger partial charge in [0.1, 0.15) is 5.60 Å². The van der Waals surface area contributed by atoms with E-state index in [4.69, 9.17) is 9.15 Å². The molecule has 1 fully saturated rings. The van der Waals surface area contributed by atoms with E-state index in [1.165, 1.54) is 17.4 Å². The fraction of sp³-hybridized carbons (Fsp3) is 0.368. The summed E-state index contributed by atoms with van der Waals surface area (Å²) in [6.45, 7) is 2.16. The van der Waals surface area contributed by atoms with E-state index >= 15 is 0 Å². The van der Waals surface area contributed by atoms with Crippen molar-refractivity contribution in [3.8, 4) is 0 Å². The third kappa shape index (κ3) is 2.93. The zero-order valence-corrected chi connectivity index (χ0v) is 13.9. The molecule has 2 aliphatic heterocycles. The molecule has 1 aromatic heterocycles. The topological polar surface area (TPSA) is 71.8 Å². The molecule has 6 nitrogen and oxygen atoms in total. The highest BCUT2D eigenvalue weighted by atomic mass is 16.5. The summed E-state index contributed by atoms with van der Waals surface area (Å²) in [7, 11) is 0. The predicted octanol–water partition coefficient (Wildman–Crippen LogP) is 2.06. The van der Waals surface area contributed by atoms with E-state index < -0.39 is 0 Å². The molecule has 130 valence electrons. The van der Waals surface area contributed by atoms with Crippen molar-refractivity contribution in [1.82, 2.24) is 10.2 Å². The summed E-state index contributed by atoms with van der Waals surface area (Å²) < 4.78 is 11.1. The van der Waals surface area contributed by atoms with Crippen LogP contribution in [0.15, 0.2) is 47.1 Å². The number of furan rings is 1. The van der Waals surface area contributed by atoms with Crippen LogP contribution in [0, 0.1) is 0 Å². The molecule has 1 saturated heterocycles. The third-order valence-electron chi connectivity index (χ3n) is 4.97. The van der Waals surface area contributed by atoms with Gasteiger partial charge in [0.25, 0.3) is 5.91 Å². The number of ether oxygens (including phenoxy) is 1. The lowest BCUT2D eigenvalue weighted by atomic mass is 9.92. The summed E-state index contributed by atoms with van der Waals surface area (Å²) in [6, 6.07) is 11.5. The Morgan fingerprint density at radius 3 is 2.92 bits per heavy atom. The van der Waals surface area contributed by atoms with Crippen LogP contribution in [0.2, 0.25) is 0 Å². The Hall–Kier alpha value is -2.60. The number of nitrogens with zero attached hydrogens (tertiary/aromatic N) is 1. The smallest absolute Gasteiger partial charge is 0.286 e. The van der Waals surface area contributed by atoms with Crippen molar-refractivity contribution in [1.29, 1.82) is 0 Å². The van der Waals surface area contributed by atoms with Crippen molar-refractivity contribution in [2.75, 3.05) is 19.6 Å². The maximum Gasteiger partial charge on any atom is 0.286 e. The monoisotopic (exact) mass is 340 g/mol. The van der Waals surface area contributed by atoms with Crippen LogP contribution in [0.25, 0.3) is 0 Å². The molecular weight excluding hydrogens is 320 g/mol. The van der Waals surface area contributed by atoms with Crippen LogP contribution in [0.4, 0.5) is 0 Å². The second kappa shape index (κ2) is 6.37. The van der Waals surface area contributed by atoms with Crippen LogP contribution >= 0.6 is 0 Å². The lowest BCUT2D eigenvalue weighted by molar-refractivity contribution is -0.131. The highest BCUT2D eigenvalue weighted by Crippen LogP contribution is 2.43. The van der Waals surface area contributed by atoms with Crippen LogP contribution in [0.1, 0.15) is 34.5 Å². The molecule has 1 atom stereocenters. The number of amides is 2. The lowest BCUT2D eigenvalue weighted by Crippen LogP contribution is -2.36. The van der Waals surface area contributed by atoms with Gasteiger partial charge in [-0.3, -0.25) is 9.59 Å². The van der Waals surface area contributed by atoms with Gasteiger partial charge >= 0.3 is 0 Å². The molecule has 1 N–H and O–H groups in total. The molecule has 25 heavy (non-hydrogen) atoms. The number of likely N-dealkylation sites (tertiary alicyclic amines) is 1. The Morgan fingerprint density at radius 1 is 1.20 bits per heavy atom. The number of rotatable bonds is 4. The Kier molecular flexibility index (Phi) is 4.05. The van der Waals surface area contributed by atoms with Crippen molar-refractivity contribution in [2.24, 2.45) is 0 Å². The zero-order chi connectivity index (χ0) is 17.3. The standard InChI is InChI=1S/C19H20N2O4/c22-17(7-9-20-18(23)16-6-3-11-24-16)21-10-8-19(13-21)15-5-2-1-4-14(15)12-25-19/h1-6,11H,7-10,12-13H2,(H,20,23). The van der Waals surface area contributed by atoms with E-state index in [0.717, 1.165) is 6.42 Å². The molecule has 3 heterocycles. The van der Waals surface area contributed by atoms with E-state index in [9.17, 15) is 9.59 Å². The molecular formula is C19H20N2O4. The van der Waals surface area contributed by atoms with E-state index in [1.807, 2.05) is 17.0 Å². The normalized spacial score (nSPS) is 21.5. The van der Waals surface area contributed by atoms with Gasteiger partial charge in [-0.2, -0.15) is 0 Å². The molecule has 6 heteroatoms. The Morgan fingerprint density at radius 2 is 2.08 bits per heavy atom. The van der Waals surface area contributed by atoms with E-state index in [0.29, 0.717) is 26.2 Å². The van der Waals surface area contributed by atoms with Gasteiger partial charge in [-0.15, -0.1) is 0 Å². The first-order chi connectivity index (χ1) is 12.2. The molecule has 0 radical (unpaired) electrons. The molecule has 1 unspecified atom stereocenters. The van der Waals surface area contributed by atoms with Crippen LogP contribution < -0.4 is 5.32 Å². The van der Waals surface area contributed by atoms with Crippen molar-refractivity contribution < 1.29 is 18.7 Å². The Labute approximate surface area is 145 Å². The summed E-state index contributed by atoms with van der Waals surface area (Å²) in [4.78, 5) is 26.1.